The number of aromatic hydroxyl groups is 1. The second kappa shape index (κ2) is 31.4. The number of ether oxygens (including phenoxy) is 4. The molecule has 0 saturated heterocycles. The lowest BCUT2D eigenvalue weighted by atomic mass is 9.65. The van der Waals surface area contributed by atoms with Crippen LogP contribution in [0.5, 0.6) is 17.2 Å². The Labute approximate surface area is 568 Å². The minimum Gasteiger partial charge on any atom is -0.743 e. The molecule has 1 N–H and O–H groups in total. The maximum absolute atomic E-state index is 13.0. The summed E-state index contributed by atoms with van der Waals surface area (Å²) in [4.78, 5) is 62.9. The third-order valence-corrected chi connectivity index (χ3v) is 24.1. The number of rotatable bonds is 18. The molecule has 4 aliphatic rings. The molecule has 0 aliphatic heterocycles. The highest BCUT2D eigenvalue weighted by molar-refractivity contribution is 7.97. The molecule has 14 nitrogen and oxygen atoms in total. The van der Waals surface area contributed by atoms with Gasteiger partial charge in [0.15, 0.2) is 36.5 Å². The average Bonchev–Trinajstić information content (AvgIpc) is 1.53. The van der Waals surface area contributed by atoms with Crippen molar-refractivity contribution in [1.82, 2.24) is 0 Å². The third kappa shape index (κ3) is 18.8. The zero-order valence-electron chi connectivity index (χ0n) is 58.5. The van der Waals surface area contributed by atoms with Gasteiger partial charge in [0.25, 0.3) is 0 Å². The SMILES string of the molecule is CCC(C)(C)C(=O)OC(C)C(F)(F)S(=O)(=O)[O-].CCC(C)(C)C(=O)OC1(CC)CC2CC1C1C3CCC(C3)C21.CCC(C)(C)C(=O)Oc1ccc(O)c(C(C)(C)C)c1.CCC(C)(C)C(=O)Oc1ccc2sc(=O)oc2c1.c1ccc([S+](c2ccccc2)c2ccccc2)cc1. The Balaban J connectivity index is 0.000000189. The summed E-state index contributed by atoms with van der Waals surface area (Å²) in [6.45, 7) is 30.9. The lowest BCUT2D eigenvalue weighted by molar-refractivity contribution is -0.183. The second-order valence-electron chi connectivity index (χ2n) is 29.1. The van der Waals surface area contributed by atoms with Crippen LogP contribution in [0.25, 0.3) is 10.3 Å². The van der Waals surface area contributed by atoms with Gasteiger partial charge >= 0.3 is 34.1 Å². The van der Waals surface area contributed by atoms with Gasteiger partial charge < -0.3 is 33.0 Å². The Hall–Kier alpha value is -6.41. The van der Waals surface area contributed by atoms with Crippen molar-refractivity contribution in [3.05, 3.63) is 143 Å². The molecule has 8 atom stereocenters. The highest BCUT2D eigenvalue weighted by Gasteiger charge is 2.68. The molecule has 6 aromatic rings. The number of alkyl halides is 2. The molecule has 5 aromatic carbocycles. The maximum Gasteiger partial charge on any atom is 0.396 e. The van der Waals surface area contributed by atoms with E-state index in [2.05, 4.69) is 110 Å². The van der Waals surface area contributed by atoms with Gasteiger partial charge in [0.1, 0.15) is 22.8 Å². The molecule has 8 unspecified atom stereocenters. The molecule has 1 aromatic heterocycles. The van der Waals surface area contributed by atoms with Crippen LogP contribution in [0, 0.1) is 57.2 Å². The molecule has 0 spiro atoms. The highest BCUT2D eigenvalue weighted by Crippen LogP contribution is 2.71. The van der Waals surface area contributed by atoms with Gasteiger partial charge in [-0.25, -0.2) is 13.2 Å². The van der Waals surface area contributed by atoms with E-state index in [9.17, 15) is 50.8 Å². The highest BCUT2D eigenvalue weighted by atomic mass is 32.2. The smallest absolute Gasteiger partial charge is 0.396 e. The van der Waals surface area contributed by atoms with Crippen molar-refractivity contribution in [1.29, 1.82) is 0 Å². The van der Waals surface area contributed by atoms with E-state index in [1.807, 2.05) is 76.2 Å². The fourth-order valence-electron chi connectivity index (χ4n) is 12.4. The van der Waals surface area contributed by atoms with Gasteiger partial charge in [0.05, 0.1) is 37.3 Å². The number of hydrogen-bond donors (Lipinski definition) is 1. The predicted octanol–water partition coefficient (Wildman–Crippen LogP) is 18.3. The number of carbonyl (C=O) groups excluding carboxylic acids is 4. The molecule has 4 bridgehead atoms. The zero-order valence-corrected chi connectivity index (χ0v) is 60.9. The van der Waals surface area contributed by atoms with E-state index in [4.69, 9.17) is 18.6 Å². The largest absolute Gasteiger partial charge is 0.743 e. The van der Waals surface area contributed by atoms with Gasteiger partial charge in [-0.15, -0.1) is 0 Å². The second-order valence-corrected chi connectivity index (χ2v) is 33.6. The molecule has 10 rings (SSSR count). The fourth-order valence-corrected chi connectivity index (χ4v) is 15.7. The van der Waals surface area contributed by atoms with Crippen LogP contribution in [-0.4, -0.2) is 58.9 Å². The van der Waals surface area contributed by atoms with Crippen LogP contribution >= 0.6 is 11.3 Å². The molecule has 4 aliphatic carbocycles. The van der Waals surface area contributed by atoms with Gasteiger partial charge in [-0.2, -0.15) is 8.78 Å². The number of halogens is 2. The quantitative estimate of drug-likeness (QED) is 0.0279. The van der Waals surface area contributed by atoms with Crippen LogP contribution in [-0.2, 0) is 55.1 Å². The van der Waals surface area contributed by atoms with Gasteiger partial charge in [-0.3, -0.25) is 19.2 Å². The van der Waals surface area contributed by atoms with Crippen LogP contribution in [0.2, 0.25) is 0 Å². The molecular weight excluding hydrogens is 1270 g/mol. The van der Waals surface area contributed by atoms with Crippen molar-refractivity contribution in [2.75, 3.05) is 0 Å². The summed E-state index contributed by atoms with van der Waals surface area (Å²) in [6.07, 6.45) is 8.21. The Bertz CT molecular complexity index is 3630. The molecule has 0 radical (unpaired) electrons. The average molecular weight is 1370 g/mol. The zero-order chi connectivity index (χ0) is 70.9. The molecule has 95 heavy (non-hydrogen) atoms. The summed E-state index contributed by atoms with van der Waals surface area (Å²) in [6, 6.07) is 42.0. The Morgan fingerprint density at radius 2 is 1.05 bits per heavy atom. The molecule has 520 valence electrons. The Kier molecular flexibility index (Phi) is 25.7. The summed E-state index contributed by atoms with van der Waals surface area (Å²) >= 11 is 1.03. The van der Waals surface area contributed by atoms with Crippen molar-refractivity contribution < 1.29 is 69.4 Å². The van der Waals surface area contributed by atoms with E-state index in [-0.39, 0.29) is 55.9 Å². The number of hydrogen-bond acceptors (Lipinski definition) is 15. The normalized spacial score (nSPS) is 20.9. The lowest BCUT2D eigenvalue weighted by Gasteiger charge is -2.46. The minimum absolute atomic E-state index is 0.0146. The summed E-state index contributed by atoms with van der Waals surface area (Å²) in [5.41, 5.74) is -1.48. The molecule has 4 saturated carbocycles. The molecule has 4 fully saturated rings. The number of benzene rings is 5. The molecular formula is C76H100F2O14S3. The number of phenolic OH excluding ortho intramolecular Hbond substituents is 1. The van der Waals surface area contributed by atoms with Crippen LogP contribution in [0.15, 0.2) is 151 Å². The van der Waals surface area contributed by atoms with Gasteiger partial charge in [-0.05, 0) is 228 Å². The topological polar surface area (TPSA) is 213 Å². The lowest BCUT2D eigenvalue weighted by Crippen LogP contribution is -2.49. The summed E-state index contributed by atoms with van der Waals surface area (Å²) in [7, 11) is -5.87. The van der Waals surface area contributed by atoms with Gasteiger partial charge in [0, 0.05) is 17.5 Å². The van der Waals surface area contributed by atoms with Crippen molar-refractivity contribution in [3.8, 4) is 17.2 Å². The minimum atomic E-state index is -5.86. The van der Waals surface area contributed by atoms with E-state index in [1.54, 1.807) is 43.3 Å². The Morgan fingerprint density at radius 3 is 1.49 bits per heavy atom. The van der Waals surface area contributed by atoms with Crippen LogP contribution in [0.1, 0.15) is 187 Å². The summed E-state index contributed by atoms with van der Waals surface area (Å²) < 4.78 is 84.0. The van der Waals surface area contributed by atoms with Crippen molar-refractivity contribution in [2.45, 2.75) is 219 Å². The number of esters is 4. The third-order valence-electron chi connectivity index (χ3n) is 20.1. The molecule has 19 heteroatoms. The van der Waals surface area contributed by atoms with Gasteiger partial charge in [-0.1, -0.05) is 121 Å². The first-order valence-electron chi connectivity index (χ1n) is 33.2. The number of fused-ring (bicyclic) bond motifs is 10. The summed E-state index contributed by atoms with van der Waals surface area (Å²) in [5.74, 6) is 4.99. The molecule has 0 amide bonds. The van der Waals surface area contributed by atoms with Crippen LogP contribution in [0.4, 0.5) is 8.78 Å². The molecule has 1 heterocycles. The first-order valence-corrected chi connectivity index (χ1v) is 36.7. The van der Waals surface area contributed by atoms with Crippen molar-refractivity contribution in [3.63, 3.8) is 0 Å². The van der Waals surface area contributed by atoms with Crippen molar-refractivity contribution in [2.24, 2.45) is 57.2 Å². The van der Waals surface area contributed by atoms with E-state index < -0.39 is 43.7 Å². The fraction of sp³-hybridized carbons (Fsp3) is 0.539. The predicted molar refractivity (Wildman–Crippen MR) is 370 cm³/mol. The standard InChI is InChI=1S/C20H32O2.C18H15S.C16H24O3.C13H14O4S.C9H16F2O5S/c1-5-19(3,4)18(21)22-20(6-2)11-14-10-15(20)17-13-8-7-12(9-13)16(14)17;1-4-10-16(11-5-1)19(17-12-6-2-7-13-17)18-14-8-3-9-15-18;1-7-16(5,6)14(18)19-11-8-9-13(17)12(10-11)15(2,3)4;1-4-13(2,3)11(14)16-8-5-6-10-9(7-8)17-12(15)18-10;1-5-8(3,4)7(12)16-6(2)9(10,11)17(13,14)15/h12-17H,5-11H2,1-4H3;1-15H;8-10,17H,7H2,1-6H3;5-7H,4H2,1-3H3;6H,5H2,1-4H3,(H,13,14,15)/q;+1;;;/p-1. The monoisotopic (exact) mass is 1370 g/mol. The van der Waals surface area contributed by atoms with E-state index in [0.29, 0.717) is 42.8 Å². The number of phenols is 1. The first-order chi connectivity index (χ1) is 44.2. The summed E-state index contributed by atoms with van der Waals surface area (Å²) in [5, 5.41) is 5.24. The van der Waals surface area contributed by atoms with Crippen LogP contribution < -0.4 is 14.4 Å². The van der Waals surface area contributed by atoms with Gasteiger partial charge in [0.2, 0.25) is 0 Å². The Morgan fingerprint density at radius 1 is 0.621 bits per heavy atom. The number of carbonyl (C=O) groups is 4. The van der Waals surface area contributed by atoms with E-state index in [1.165, 1.54) is 54.2 Å². The van der Waals surface area contributed by atoms with E-state index >= 15 is 0 Å². The first kappa shape index (κ1) is 77.6. The van der Waals surface area contributed by atoms with Crippen LogP contribution in [0.3, 0.4) is 0 Å². The van der Waals surface area contributed by atoms with E-state index in [0.717, 1.165) is 76.9 Å². The maximum atomic E-state index is 13.0. The van der Waals surface area contributed by atoms with Crippen molar-refractivity contribution >= 4 is 66.5 Å².